The minimum absolute atomic E-state index is 0. The van der Waals surface area contributed by atoms with Gasteiger partial charge in [0.2, 0.25) is 17.7 Å². The number of carbonyl (C=O) groups is 2. The lowest BCUT2D eigenvalue weighted by molar-refractivity contribution is -0.127. The Labute approximate surface area is 159 Å². The fourth-order valence-electron chi connectivity index (χ4n) is 2.17. The van der Waals surface area contributed by atoms with Crippen LogP contribution in [0.5, 0.6) is 0 Å². The molecule has 0 saturated carbocycles. The zero-order valence-corrected chi connectivity index (χ0v) is 15.9. The first-order valence-electron chi connectivity index (χ1n) is 8.22. The van der Waals surface area contributed by atoms with E-state index in [0.29, 0.717) is 11.7 Å². The first-order valence-corrected chi connectivity index (χ1v) is 8.22. The van der Waals surface area contributed by atoms with Crippen LogP contribution < -0.4 is 16.4 Å². The molecule has 0 bridgehead atoms. The largest absolute Gasteiger partial charge is 0.438 e. The molecule has 0 aliphatic carbocycles. The number of carbonyl (C=O) groups excluding carboxylic acids is 2. The maximum absolute atomic E-state index is 12.0. The van der Waals surface area contributed by atoms with Gasteiger partial charge < -0.3 is 20.8 Å². The first kappa shape index (κ1) is 21.7. The van der Waals surface area contributed by atoms with Crippen LogP contribution >= 0.6 is 12.4 Å². The Kier molecular flexibility index (Phi) is 8.28. The maximum Gasteiger partial charge on any atom is 0.240 e. The molecule has 2 rings (SSSR count). The Morgan fingerprint density at radius 1 is 1.19 bits per heavy atom. The molecule has 0 aliphatic heterocycles. The highest BCUT2D eigenvalue weighted by Gasteiger charge is 2.19. The number of nitrogens with one attached hydrogen (secondary N) is 2. The highest BCUT2D eigenvalue weighted by Crippen LogP contribution is 2.22. The minimum atomic E-state index is -0.634. The standard InChI is InChI=1S/C18H24N4O3.ClH/c1-11(2)16(19)17(24)20-10-15(23)22-12(3)18-21-9-14(25-18)13-7-5-4-6-8-13;/h4-9,11-12,16H,10,19H2,1-3H3,(H,20,24)(H,22,23);1H/t12?,16-;/m0./s1. The summed E-state index contributed by atoms with van der Waals surface area (Å²) in [6.45, 7) is 5.31. The summed E-state index contributed by atoms with van der Waals surface area (Å²) in [7, 11) is 0. The summed E-state index contributed by atoms with van der Waals surface area (Å²) in [6, 6.07) is 8.53. The van der Waals surface area contributed by atoms with Gasteiger partial charge in [-0.15, -0.1) is 12.4 Å². The van der Waals surface area contributed by atoms with Crippen LogP contribution in [-0.4, -0.2) is 29.4 Å². The number of aromatic nitrogens is 1. The maximum atomic E-state index is 12.0. The van der Waals surface area contributed by atoms with Gasteiger partial charge >= 0.3 is 0 Å². The molecule has 8 heteroatoms. The van der Waals surface area contributed by atoms with E-state index >= 15 is 0 Å². The van der Waals surface area contributed by atoms with Crippen molar-refractivity contribution in [1.29, 1.82) is 0 Å². The van der Waals surface area contributed by atoms with Gasteiger partial charge in [0, 0.05) is 5.56 Å². The molecule has 1 heterocycles. The van der Waals surface area contributed by atoms with Crippen LogP contribution in [0.4, 0.5) is 0 Å². The number of benzene rings is 1. The number of halogens is 1. The normalized spacial score (nSPS) is 12.8. The molecule has 2 aromatic rings. The smallest absolute Gasteiger partial charge is 0.240 e. The van der Waals surface area contributed by atoms with E-state index in [2.05, 4.69) is 15.6 Å². The van der Waals surface area contributed by atoms with Crippen LogP contribution in [0.2, 0.25) is 0 Å². The van der Waals surface area contributed by atoms with Crippen LogP contribution in [0.3, 0.4) is 0 Å². The van der Waals surface area contributed by atoms with Gasteiger partial charge in [-0.1, -0.05) is 44.2 Å². The second-order valence-electron chi connectivity index (χ2n) is 6.21. The predicted molar refractivity (Wildman–Crippen MR) is 102 cm³/mol. The summed E-state index contributed by atoms with van der Waals surface area (Å²) in [4.78, 5) is 27.9. The molecule has 4 N–H and O–H groups in total. The number of hydrogen-bond acceptors (Lipinski definition) is 5. The zero-order valence-electron chi connectivity index (χ0n) is 15.1. The highest BCUT2D eigenvalue weighted by atomic mass is 35.5. The zero-order chi connectivity index (χ0) is 18.4. The number of amides is 2. The van der Waals surface area contributed by atoms with E-state index in [1.165, 1.54) is 0 Å². The van der Waals surface area contributed by atoms with E-state index in [9.17, 15) is 9.59 Å². The Morgan fingerprint density at radius 2 is 1.85 bits per heavy atom. The first-order chi connectivity index (χ1) is 11.9. The van der Waals surface area contributed by atoms with Crippen LogP contribution in [0.15, 0.2) is 40.9 Å². The third kappa shape index (κ3) is 5.86. The minimum Gasteiger partial charge on any atom is -0.438 e. The molecule has 1 aromatic carbocycles. The molecule has 0 saturated heterocycles. The number of nitrogens with two attached hydrogens (primary N) is 1. The topological polar surface area (TPSA) is 110 Å². The molecular weight excluding hydrogens is 356 g/mol. The van der Waals surface area contributed by atoms with Gasteiger partial charge in [0.25, 0.3) is 0 Å². The van der Waals surface area contributed by atoms with Gasteiger partial charge in [-0.05, 0) is 12.8 Å². The third-order valence-electron chi connectivity index (χ3n) is 3.77. The van der Waals surface area contributed by atoms with Gasteiger partial charge in [-0.3, -0.25) is 9.59 Å². The number of rotatable bonds is 7. The van der Waals surface area contributed by atoms with E-state index in [-0.39, 0.29) is 36.7 Å². The van der Waals surface area contributed by atoms with Gasteiger partial charge in [0.1, 0.15) is 6.04 Å². The summed E-state index contributed by atoms with van der Waals surface area (Å²) in [5.74, 6) is 0.354. The summed E-state index contributed by atoms with van der Waals surface area (Å²) in [5, 5.41) is 5.26. The number of oxazole rings is 1. The van der Waals surface area contributed by atoms with Gasteiger partial charge in [-0.2, -0.15) is 0 Å². The van der Waals surface area contributed by atoms with E-state index in [4.69, 9.17) is 10.2 Å². The lowest BCUT2D eigenvalue weighted by Gasteiger charge is -2.16. The van der Waals surface area contributed by atoms with E-state index in [1.807, 2.05) is 44.2 Å². The Hall–Kier alpha value is -2.38. The van der Waals surface area contributed by atoms with E-state index in [1.54, 1.807) is 13.1 Å². The van der Waals surface area contributed by atoms with Crippen molar-refractivity contribution < 1.29 is 14.0 Å². The van der Waals surface area contributed by atoms with Crippen LogP contribution in [0.25, 0.3) is 11.3 Å². The quantitative estimate of drug-likeness (QED) is 0.680. The monoisotopic (exact) mass is 380 g/mol. The van der Waals surface area contributed by atoms with Crippen molar-refractivity contribution in [3.05, 3.63) is 42.4 Å². The van der Waals surface area contributed by atoms with Crippen molar-refractivity contribution in [1.82, 2.24) is 15.6 Å². The fourth-order valence-corrected chi connectivity index (χ4v) is 2.17. The summed E-state index contributed by atoms with van der Waals surface area (Å²) in [6.07, 6.45) is 1.62. The van der Waals surface area contributed by atoms with Crippen LogP contribution in [0.1, 0.15) is 32.7 Å². The lowest BCUT2D eigenvalue weighted by atomic mass is 10.1. The third-order valence-corrected chi connectivity index (χ3v) is 3.77. The fraction of sp³-hybridized carbons (Fsp3) is 0.389. The van der Waals surface area contributed by atoms with Crippen molar-refractivity contribution in [2.45, 2.75) is 32.9 Å². The predicted octanol–water partition coefficient (Wildman–Crippen LogP) is 2.04. The lowest BCUT2D eigenvalue weighted by Crippen LogP contribution is -2.47. The van der Waals surface area contributed by atoms with Crippen molar-refractivity contribution in [3.63, 3.8) is 0 Å². The average molecular weight is 381 g/mol. The van der Waals surface area contributed by atoms with Crippen LogP contribution in [0, 0.1) is 5.92 Å². The summed E-state index contributed by atoms with van der Waals surface area (Å²) < 4.78 is 5.69. The Balaban J connectivity index is 0.00000338. The molecule has 2 amide bonds. The molecule has 1 unspecified atom stereocenters. The van der Waals surface area contributed by atoms with Crippen molar-refractivity contribution in [2.24, 2.45) is 11.7 Å². The molecular formula is C18H25ClN4O3. The molecule has 0 spiro atoms. The SMILES string of the molecule is CC(NC(=O)CNC(=O)[C@@H](N)C(C)C)c1ncc(-c2ccccc2)o1.Cl. The van der Waals surface area contributed by atoms with Gasteiger partial charge in [-0.25, -0.2) is 4.98 Å². The number of hydrogen-bond donors (Lipinski definition) is 3. The second kappa shape index (κ2) is 9.94. The molecule has 0 fully saturated rings. The summed E-state index contributed by atoms with van der Waals surface area (Å²) >= 11 is 0. The highest BCUT2D eigenvalue weighted by molar-refractivity contribution is 5.87. The van der Waals surface area contributed by atoms with Crippen molar-refractivity contribution >= 4 is 24.2 Å². The molecule has 0 aliphatic rings. The molecule has 26 heavy (non-hydrogen) atoms. The number of nitrogens with zero attached hydrogens (tertiary/aromatic N) is 1. The van der Waals surface area contributed by atoms with Crippen molar-refractivity contribution in [2.75, 3.05) is 6.54 Å². The second-order valence-corrected chi connectivity index (χ2v) is 6.21. The van der Waals surface area contributed by atoms with Gasteiger partial charge in [0.05, 0.1) is 18.8 Å². The molecule has 142 valence electrons. The Morgan fingerprint density at radius 3 is 2.46 bits per heavy atom. The summed E-state index contributed by atoms with van der Waals surface area (Å²) in [5.41, 5.74) is 6.64. The molecule has 7 nitrogen and oxygen atoms in total. The molecule has 2 atom stereocenters. The molecule has 0 radical (unpaired) electrons. The molecule has 1 aromatic heterocycles. The van der Waals surface area contributed by atoms with Crippen LogP contribution in [-0.2, 0) is 9.59 Å². The van der Waals surface area contributed by atoms with Crippen molar-refractivity contribution in [3.8, 4) is 11.3 Å². The van der Waals surface area contributed by atoms with E-state index in [0.717, 1.165) is 5.56 Å². The van der Waals surface area contributed by atoms with Gasteiger partial charge in [0.15, 0.2) is 5.76 Å². The Bertz CT molecular complexity index is 718. The average Bonchev–Trinajstić information content (AvgIpc) is 3.10. The van der Waals surface area contributed by atoms with E-state index < -0.39 is 12.1 Å².